The van der Waals surface area contributed by atoms with Gasteiger partial charge in [-0.2, -0.15) is 0 Å². The molecule has 2 N–H and O–H groups in total. The van der Waals surface area contributed by atoms with Crippen molar-refractivity contribution in [3.05, 3.63) is 35.7 Å². The smallest absolute Gasteiger partial charge is 0.359 e. The second kappa shape index (κ2) is 7.72. The highest BCUT2D eigenvalue weighted by molar-refractivity contribution is 7.80. The third-order valence-electron chi connectivity index (χ3n) is 3.53. The molecular weight excluding hydrogens is 326 g/mol. The molecule has 1 aliphatic heterocycles. The molecule has 2 rings (SSSR count). The molecular formula is C17H23N3O3S. The van der Waals surface area contributed by atoms with Crippen LogP contribution in [0.2, 0.25) is 0 Å². The van der Waals surface area contributed by atoms with E-state index in [0.717, 1.165) is 11.3 Å². The summed E-state index contributed by atoms with van der Waals surface area (Å²) in [6.07, 6.45) is 2.41. The van der Waals surface area contributed by atoms with Gasteiger partial charge in [-0.15, -0.1) is 6.58 Å². The lowest BCUT2D eigenvalue weighted by Gasteiger charge is -2.31. The number of carbonyl (C=O) groups excluding carboxylic acids is 1. The van der Waals surface area contributed by atoms with Gasteiger partial charge < -0.3 is 20.1 Å². The molecule has 7 heteroatoms. The standard InChI is InChI=1S/C17H23N3O3S/c1-5-7-18-16(24)20-12-8-11-9-17(3,4)23-10-13(11)19-14(12)15(21)22-6-2/h5,8H,1,6-7,9-10H2,2-4H3,(H2,18,20,24). The van der Waals surface area contributed by atoms with E-state index >= 15 is 0 Å². The summed E-state index contributed by atoms with van der Waals surface area (Å²) >= 11 is 5.24. The number of nitrogens with zero attached hydrogens (tertiary/aromatic N) is 1. The minimum absolute atomic E-state index is 0.210. The van der Waals surface area contributed by atoms with E-state index in [9.17, 15) is 4.79 Å². The normalized spacial score (nSPS) is 15.1. The number of thiocarbonyl (C=S) groups is 1. The maximum atomic E-state index is 12.2. The van der Waals surface area contributed by atoms with Crippen molar-refractivity contribution < 1.29 is 14.3 Å². The first kappa shape index (κ1) is 18.4. The quantitative estimate of drug-likeness (QED) is 0.481. The predicted octanol–water partition coefficient (Wildman–Crippen LogP) is 2.58. The first-order valence-electron chi connectivity index (χ1n) is 7.86. The van der Waals surface area contributed by atoms with Crippen molar-refractivity contribution in [1.82, 2.24) is 10.3 Å². The number of aromatic nitrogens is 1. The van der Waals surface area contributed by atoms with E-state index < -0.39 is 5.97 Å². The number of ether oxygens (including phenoxy) is 2. The summed E-state index contributed by atoms with van der Waals surface area (Å²) in [4.78, 5) is 16.7. The van der Waals surface area contributed by atoms with Crippen LogP contribution in [-0.2, 0) is 22.5 Å². The van der Waals surface area contributed by atoms with E-state index in [2.05, 4.69) is 22.2 Å². The molecule has 0 unspecified atom stereocenters. The molecule has 0 aromatic carbocycles. The van der Waals surface area contributed by atoms with Crippen LogP contribution >= 0.6 is 12.2 Å². The summed E-state index contributed by atoms with van der Waals surface area (Å²) in [6.45, 7) is 10.6. The Balaban J connectivity index is 2.35. The van der Waals surface area contributed by atoms with Gasteiger partial charge in [-0.1, -0.05) is 6.08 Å². The molecule has 0 amide bonds. The summed E-state index contributed by atoms with van der Waals surface area (Å²) in [5.74, 6) is -0.487. The van der Waals surface area contributed by atoms with Gasteiger partial charge >= 0.3 is 5.97 Å². The van der Waals surface area contributed by atoms with Crippen LogP contribution in [0.5, 0.6) is 0 Å². The third-order valence-corrected chi connectivity index (χ3v) is 3.78. The van der Waals surface area contributed by atoms with E-state index in [0.29, 0.717) is 30.4 Å². The number of pyridine rings is 1. The zero-order valence-corrected chi connectivity index (χ0v) is 15.1. The molecule has 0 spiro atoms. The maximum absolute atomic E-state index is 12.2. The summed E-state index contributed by atoms with van der Waals surface area (Å²) in [5, 5.41) is 6.40. The second-order valence-electron chi connectivity index (χ2n) is 6.06. The van der Waals surface area contributed by atoms with Crippen LogP contribution < -0.4 is 10.6 Å². The van der Waals surface area contributed by atoms with Gasteiger partial charge in [0.2, 0.25) is 0 Å². The van der Waals surface area contributed by atoms with E-state index in [1.54, 1.807) is 13.0 Å². The lowest BCUT2D eigenvalue weighted by atomic mass is 9.94. The Hall–Kier alpha value is -1.99. The lowest BCUT2D eigenvalue weighted by Crippen LogP contribution is -2.34. The number of nitrogens with one attached hydrogen (secondary N) is 2. The first-order valence-corrected chi connectivity index (χ1v) is 8.26. The van der Waals surface area contributed by atoms with Crippen molar-refractivity contribution in [1.29, 1.82) is 0 Å². The van der Waals surface area contributed by atoms with Crippen molar-refractivity contribution in [3.8, 4) is 0 Å². The first-order chi connectivity index (χ1) is 11.4. The molecule has 1 aliphatic rings. The number of hydrogen-bond acceptors (Lipinski definition) is 5. The van der Waals surface area contributed by atoms with Gasteiger partial charge in [0.05, 0.1) is 30.2 Å². The van der Waals surface area contributed by atoms with E-state index in [1.807, 2.05) is 19.9 Å². The number of anilines is 1. The van der Waals surface area contributed by atoms with Crippen molar-refractivity contribution in [3.63, 3.8) is 0 Å². The monoisotopic (exact) mass is 349 g/mol. The third kappa shape index (κ3) is 4.52. The second-order valence-corrected chi connectivity index (χ2v) is 6.47. The minimum Gasteiger partial charge on any atom is -0.461 e. The van der Waals surface area contributed by atoms with Crippen LogP contribution in [0.25, 0.3) is 0 Å². The summed E-state index contributed by atoms with van der Waals surface area (Å²) < 4.78 is 10.9. The molecule has 2 heterocycles. The van der Waals surface area contributed by atoms with Crippen LogP contribution in [-0.4, -0.2) is 34.8 Å². The highest BCUT2D eigenvalue weighted by atomic mass is 32.1. The fourth-order valence-corrected chi connectivity index (χ4v) is 2.62. The number of esters is 1. The molecule has 0 saturated carbocycles. The average Bonchev–Trinajstić information content (AvgIpc) is 2.51. The van der Waals surface area contributed by atoms with Crippen LogP contribution in [0.4, 0.5) is 5.69 Å². The molecule has 0 aliphatic carbocycles. The lowest BCUT2D eigenvalue weighted by molar-refractivity contribution is -0.0420. The number of fused-ring (bicyclic) bond motifs is 1. The Bertz CT molecular complexity index is 659. The molecule has 24 heavy (non-hydrogen) atoms. The van der Waals surface area contributed by atoms with E-state index in [-0.39, 0.29) is 17.9 Å². The summed E-state index contributed by atoms with van der Waals surface area (Å²) in [6, 6.07) is 1.90. The average molecular weight is 349 g/mol. The minimum atomic E-state index is -0.487. The molecule has 0 fully saturated rings. The number of hydrogen-bond donors (Lipinski definition) is 2. The predicted molar refractivity (Wildman–Crippen MR) is 97.2 cm³/mol. The Morgan fingerprint density at radius 2 is 2.33 bits per heavy atom. The van der Waals surface area contributed by atoms with Gasteiger partial charge in [-0.05, 0) is 44.6 Å². The van der Waals surface area contributed by atoms with Crippen molar-refractivity contribution >= 4 is 29.0 Å². The SMILES string of the molecule is C=CCNC(=S)Nc1cc2c(nc1C(=O)OCC)COC(C)(C)C2. The zero-order chi connectivity index (χ0) is 17.7. The van der Waals surface area contributed by atoms with E-state index in [1.165, 1.54) is 0 Å². The topological polar surface area (TPSA) is 72.5 Å². The fourth-order valence-electron chi connectivity index (χ4n) is 2.43. The Morgan fingerprint density at radius 1 is 1.58 bits per heavy atom. The maximum Gasteiger partial charge on any atom is 0.359 e. The van der Waals surface area contributed by atoms with E-state index in [4.69, 9.17) is 21.7 Å². The van der Waals surface area contributed by atoms with Gasteiger partial charge in [-0.25, -0.2) is 9.78 Å². The van der Waals surface area contributed by atoms with Gasteiger partial charge in [0, 0.05) is 13.0 Å². The van der Waals surface area contributed by atoms with Gasteiger partial charge in [-0.3, -0.25) is 0 Å². The Kier molecular flexibility index (Phi) is 5.90. The molecule has 130 valence electrons. The zero-order valence-electron chi connectivity index (χ0n) is 14.3. The van der Waals surface area contributed by atoms with Crippen LogP contribution in [0.1, 0.15) is 42.5 Å². The molecule has 0 saturated heterocycles. The Labute approximate surface area is 147 Å². The molecule has 0 bridgehead atoms. The van der Waals surface area contributed by atoms with Gasteiger partial charge in [0.1, 0.15) is 0 Å². The number of carbonyl (C=O) groups is 1. The fraction of sp³-hybridized carbons (Fsp3) is 0.471. The molecule has 0 atom stereocenters. The van der Waals surface area contributed by atoms with Crippen LogP contribution in [0.15, 0.2) is 18.7 Å². The highest BCUT2D eigenvalue weighted by Crippen LogP contribution is 2.30. The van der Waals surface area contributed by atoms with Gasteiger partial charge in [0.25, 0.3) is 0 Å². The molecule has 6 nitrogen and oxygen atoms in total. The van der Waals surface area contributed by atoms with Crippen molar-refractivity contribution in [2.45, 2.75) is 39.4 Å². The molecule has 1 aromatic rings. The van der Waals surface area contributed by atoms with Crippen LogP contribution in [0, 0.1) is 0 Å². The highest BCUT2D eigenvalue weighted by Gasteiger charge is 2.29. The van der Waals surface area contributed by atoms with Gasteiger partial charge in [0.15, 0.2) is 10.8 Å². The largest absolute Gasteiger partial charge is 0.461 e. The van der Waals surface area contributed by atoms with Crippen molar-refractivity contribution in [2.24, 2.45) is 0 Å². The summed E-state index contributed by atoms with van der Waals surface area (Å²) in [5.41, 5.74) is 2.27. The Morgan fingerprint density at radius 3 is 3.00 bits per heavy atom. The van der Waals surface area contributed by atoms with Crippen molar-refractivity contribution in [2.75, 3.05) is 18.5 Å². The van der Waals surface area contributed by atoms with Crippen LogP contribution in [0.3, 0.4) is 0 Å². The number of rotatable bonds is 5. The molecule has 0 radical (unpaired) electrons. The molecule has 1 aromatic heterocycles. The summed E-state index contributed by atoms with van der Waals surface area (Å²) in [7, 11) is 0.